The van der Waals surface area contributed by atoms with Crippen molar-refractivity contribution < 1.29 is 23.1 Å². The fourth-order valence-corrected chi connectivity index (χ4v) is 1.62. The van der Waals surface area contributed by atoms with Crippen LogP contribution in [0.5, 0.6) is 0 Å². The summed E-state index contributed by atoms with van der Waals surface area (Å²) in [6, 6.07) is 3.66. The van der Waals surface area contributed by atoms with Gasteiger partial charge in [0.25, 0.3) is 0 Å². The van der Waals surface area contributed by atoms with E-state index >= 15 is 0 Å². The number of halogens is 3. The number of anilines is 1. The van der Waals surface area contributed by atoms with E-state index in [4.69, 9.17) is 5.11 Å². The summed E-state index contributed by atoms with van der Waals surface area (Å²) in [5.74, 6) is -1.17. The minimum atomic E-state index is -4.28. The molecule has 1 unspecified atom stereocenters. The van der Waals surface area contributed by atoms with Gasteiger partial charge >= 0.3 is 12.1 Å². The van der Waals surface area contributed by atoms with Crippen molar-refractivity contribution in [2.75, 3.05) is 5.32 Å². The monoisotopic (exact) mass is 261 g/mol. The Morgan fingerprint density at radius 2 is 2.06 bits per heavy atom. The predicted molar refractivity (Wildman–Crippen MR) is 61.9 cm³/mol. The minimum absolute atomic E-state index is 0.0241. The molecule has 0 spiro atoms. The van der Waals surface area contributed by atoms with Gasteiger partial charge in [0.2, 0.25) is 0 Å². The van der Waals surface area contributed by atoms with E-state index in [0.717, 1.165) is 5.56 Å². The van der Waals surface area contributed by atoms with Crippen LogP contribution in [0, 0.1) is 6.92 Å². The molecule has 100 valence electrons. The molecule has 1 rings (SSSR count). The van der Waals surface area contributed by atoms with Crippen molar-refractivity contribution in [2.45, 2.75) is 32.5 Å². The molecular weight excluding hydrogens is 247 g/mol. The maximum Gasteiger partial charge on any atom is 0.391 e. The van der Waals surface area contributed by atoms with Crippen molar-refractivity contribution in [1.29, 1.82) is 0 Å². The van der Waals surface area contributed by atoms with Crippen molar-refractivity contribution in [2.24, 2.45) is 0 Å². The van der Waals surface area contributed by atoms with Crippen molar-refractivity contribution in [3.8, 4) is 0 Å². The highest BCUT2D eigenvalue weighted by Gasteiger charge is 2.30. The lowest BCUT2D eigenvalue weighted by Crippen LogP contribution is -2.24. The summed E-state index contributed by atoms with van der Waals surface area (Å²) >= 11 is 0. The number of aromatic carboxylic acids is 1. The normalized spacial score (nSPS) is 13.2. The van der Waals surface area contributed by atoms with Gasteiger partial charge in [-0.2, -0.15) is 13.2 Å². The molecule has 2 N–H and O–H groups in total. The van der Waals surface area contributed by atoms with Crippen LogP contribution in [0.2, 0.25) is 0 Å². The Bertz CT molecular complexity index is 443. The first-order valence-electron chi connectivity index (χ1n) is 5.36. The minimum Gasteiger partial charge on any atom is -0.478 e. The number of carbonyl (C=O) groups is 1. The Labute approximate surface area is 103 Å². The molecule has 0 fully saturated rings. The van der Waals surface area contributed by atoms with Gasteiger partial charge < -0.3 is 10.4 Å². The third kappa shape index (κ3) is 4.27. The van der Waals surface area contributed by atoms with Gasteiger partial charge in [-0.05, 0) is 26.0 Å². The molecule has 3 nitrogen and oxygen atoms in total. The predicted octanol–water partition coefficient (Wildman–Crippen LogP) is 3.45. The maximum absolute atomic E-state index is 12.2. The summed E-state index contributed by atoms with van der Waals surface area (Å²) in [4.78, 5) is 11.0. The van der Waals surface area contributed by atoms with Gasteiger partial charge in [-0.3, -0.25) is 0 Å². The van der Waals surface area contributed by atoms with Gasteiger partial charge in [0.15, 0.2) is 0 Å². The zero-order chi connectivity index (χ0) is 13.9. The Kier molecular flexibility index (Phi) is 4.21. The highest BCUT2D eigenvalue weighted by atomic mass is 19.4. The number of rotatable bonds is 4. The summed E-state index contributed by atoms with van der Waals surface area (Å²) < 4.78 is 36.5. The van der Waals surface area contributed by atoms with Crippen molar-refractivity contribution in [3.63, 3.8) is 0 Å². The first-order chi connectivity index (χ1) is 8.19. The maximum atomic E-state index is 12.2. The van der Waals surface area contributed by atoms with Crippen LogP contribution in [0.3, 0.4) is 0 Å². The molecule has 6 heteroatoms. The summed E-state index contributed by atoms with van der Waals surface area (Å²) in [5, 5.41) is 11.5. The molecule has 18 heavy (non-hydrogen) atoms. The highest BCUT2D eigenvalue weighted by Crippen LogP contribution is 2.25. The molecule has 0 amide bonds. The summed E-state index contributed by atoms with van der Waals surface area (Å²) in [6.07, 6.45) is -5.29. The van der Waals surface area contributed by atoms with Crippen molar-refractivity contribution >= 4 is 11.7 Å². The average molecular weight is 261 g/mol. The van der Waals surface area contributed by atoms with Gasteiger partial charge in [0.05, 0.1) is 12.0 Å². The molecule has 1 aromatic carbocycles. The molecule has 0 heterocycles. The van der Waals surface area contributed by atoms with Crippen molar-refractivity contribution in [1.82, 2.24) is 0 Å². The first kappa shape index (κ1) is 14.3. The zero-order valence-electron chi connectivity index (χ0n) is 10.0. The Morgan fingerprint density at radius 1 is 1.44 bits per heavy atom. The second-order valence-electron chi connectivity index (χ2n) is 4.22. The van der Waals surface area contributed by atoms with Gasteiger partial charge in [0, 0.05) is 11.7 Å². The van der Waals surface area contributed by atoms with E-state index < -0.39 is 24.6 Å². The summed E-state index contributed by atoms with van der Waals surface area (Å²) in [7, 11) is 0. The molecule has 0 saturated heterocycles. The van der Waals surface area contributed by atoms with Crippen LogP contribution in [0.4, 0.5) is 18.9 Å². The number of carboxylic acid groups (broad SMARTS) is 1. The number of benzene rings is 1. The number of nitrogens with one attached hydrogen (secondary N) is 1. The van der Waals surface area contributed by atoms with Gasteiger partial charge in [-0.1, -0.05) is 11.6 Å². The number of carboxylic acids is 1. The average Bonchev–Trinajstić information content (AvgIpc) is 2.17. The fourth-order valence-electron chi connectivity index (χ4n) is 1.62. The number of alkyl halides is 3. The van der Waals surface area contributed by atoms with E-state index in [-0.39, 0.29) is 11.3 Å². The van der Waals surface area contributed by atoms with E-state index in [2.05, 4.69) is 5.32 Å². The van der Waals surface area contributed by atoms with E-state index in [1.807, 2.05) is 0 Å². The lowest BCUT2D eigenvalue weighted by molar-refractivity contribution is -0.136. The topological polar surface area (TPSA) is 49.3 Å². The number of aryl methyl sites for hydroxylation is 1. The molecule has 0 saturated carbocycles. The SMILES string of the molecule is Cc1ccc(NC(C)CC(F)(F)F)c(C(=O)O)c1. The number of hydrogen-bond acceptors (Lipinski definition) is 2. The highest BCUT2D eigenvalue weighted by molar-refractivity contribution is 5.94. The largest absolute Gasteiger partial charge is 0.478 e. The lowest BCUT2D eigenvalue weighted by atomic mass is 10.1. The quantitative estimate of drug-likeness (QED) is 0.872. The van der Waals surface area contributed by atoms with Gasteiger partial charge in [-0.15, -0.1) is 0 Å². The smallest absolute Gasteiger partial charge is 0.391 e. The molecular formula is C12H14F3NO2. The molecule has 0 bridgehead atoms. The Balaban J connectivity index is 2.87. The van der Waals surface area contributed by atoms with Crippen LogP contribution in [-0.2, 0) is 0 Å². The second-order valence-corrected chi connectivity index (χ2v) is 4.22. The second kappa shape index (κ2) is 5.29. The lowest BCUT2D eigenvalue weighted by Gasteiger charge is -2.18. The zero-order valence-corrected chi connectivity index (χ0v) is 10.0. The first-order valence-corrected chi connectivity index (χ1v) is 5.36. The van der Waals surface area contributed by atoms with Crippen LogP contribution in [0.25, 0.3) is 0 Å². The van der Waals surface area contributed by atoms with Crippen molar-refractivity contribution in [3.05, 3.63) is 29.3 Å². The molecule has 0 radical (unpaired) electrons. The van der Waals surface area contributed by atoms with E-state index in [0.29, 0.717) is 0 Å². The van der Waals surface area contributed by atoms with Crippen LogP contribution in [0.1, 0.15) is 29.3 Å². The summed E-state index contributed by atoms with van der Waals surface area (Å²) in [6.45, 7) is 3.08. The molecule has 1 atom stereocenters. The van der Waals surface area contributed by atoms with Gasteiger partial charge in [-0.25, -0.2) is 4.79 Å². The van der Waals surface area contributed by atoms with Crippen LogP contribution in [0.15, 0.2) is 18.2 Å². The van der Waals surface area contributed by atoms with E-state index in [9.17, 15) is 18.0 Å². The Morgan fingerprint density at radius 3 is 2.56 bits per heavy atom. The van der Waals surface area contributed by atoms with Gasteiger partial charge in [0.1, 0.15) is 0 Å². The van der Waals surface area contributed by atoms with Crippen LogP contribution < -0.4 is 5.32 Å². The molecule has 0 aromatic heterocycles. The summed E-state index contributed by atoms with van der Waals surface area (Å²) in [5.41, 5.74) is 0.912. The van der Waals surface area contributed by atoms with Crippen LogP contribution >= 0.6 is 0 Å². The standard InChI is InChI=1S/C12H14F3NO2/c1-7-3-4-10(9(5-7)11(17)18)16-8(2)6-12(13,14)15/h3-5,8,16H,6H2,1-2H3,(H,17,18). The fraction of sp³-hybridized carbons (Fsp3) is 0.417. The number of hydrogen-bond donors (Lipinski definition) is 2. The third-order valence-corrected chi connectivity index (χ3v) is 2.35. The molecule has 1 aromatic rings. The van der Waals surface area contributed by atoms with E-state index in [1.165, 1.54) is 19.1 Å². The third-order valence-electron chi connectivity index (χ3n) is 2.35. The van der Waals surface area contributed by atoms with E-state index in [1.54, 1.807) is 13.0 Å². The molecule has 0 aliphatic carbocycles. The molecule has 0 aliphatic heterocycles. The Hall–Kier alpha value is -1.72. The molecule has 0 aliphatic rings. The van der Waals surface area contributed by atoms with Crippen LogP contribution in [-0.4, -0.2) is 23.3 Å².